The van der Waals surface area contributed by atoms with Gasteiger partial charge in [-0.3, -0.25) is 14.5 Å². The van der Waals surface area contributed by atoms with Crippen LogP contribution in [0.3, 0.4) is 0 Å². The number of carbonyl (C=O) groups excluding carboxylic acids is 3. The standard InChI is InChI=1S/C22H28N4O3S/c1-5-9-22(10-6-2)19(28)26(21(29)25-22)12-18(27)24-20-23-17(13-30-20)16-8-7-14(3)15(4)11-16/h7-8,11,13H,5-6,9-10,12H2,1-4H3,(H,25,29)(H,23,24,27). The molecule has 0 saturated carbocycles. The van der Waals surface area contributed by atoms with Crippen LogP contribution in [-0.2, 0) is 9.59 Å². The maximum atomic E-state index is 12.9. The second kappa shape index (κ2) is 8.95. The van der Waals surface area contributed by atoms with Crippen molar-refractivity contribution in [3.05, 3.63) is 34.7 Å². The zero-order valence-corrected chi connectivity index (χ0v) is 18.7. The third-order valence-corrected chi connectivity index (χ3v) is 6.21. The van der Waals surface area contributed by atoms with Crippen LogP contribution >= 0.6 is 11.3 Å². The minimum Gasteiger partial charge on any atom is -0.323 e. The fourth-order valence-electron chi connectivity index (χ4n) is 3.80. The van der Waals surface area contributed by atoms with E-state index in [2.05, 4.69) is 28.6 Å². The molecule has 1 aromatic carbocycles. The largest absolute Gasteiger partial charge is 0.325 e. The van der Waals surface area contributed by atoms with Gasteiger partial charge in [-0.15, -0.1) is 11.3 Å². The van der Waals surface area contributed by atoms with Gasteiger partial charge in [-0.2, -0.15) is 0 Å². The Balaban J connectivity index is 1.67. The van der Waals surface area contributed by atoms with Gasteiger partial charge in [0.15, 0.2) is 5.13 Å². The van der Waals surface area contributed by atoms with E-state index in [1.54, 1.807) is 0 Å². The Labute approximate surface area is 180 Å². The molecule has 7 nitrogen and oxygen atoms in total. The van der Waals surface area contributed by atoms with Crippen molar-refractivity contribution in [3.63, 3.8) is 0 Å². The molecule has 0 unspecified atom stereocenters. The lowest BCUT2D eigenvalue weighted by atomic mass is 9.88. The van der Waals surface area contributed by atoms with Gasteiger partial charge in [0.25, 0.3) is 5.91 Å². The number of nitrogens with zero attached hydrogens (tertiary/aromatic N) is 2. The van der Waals surface area contributed by atoms with Crippen LogP contribution in [0, 0.1) is 13.8 Å². The summed E-state index contributed by atoms with van der Waals surface area (Å²) in [6.07, 6.45) is 2.67. The van der Waals surface area contributed by atoms with E-state index < -0.39 is 17.5 Å². The number of hydrogen-bond donors (Lipinski definition) is 2. The third-order valence-electron chi connectivity index (χ3n) is 5.45. The van der Waals surface area contributed by atoms with Crippen LogP contribution in [0.1, 0.15) is 50.7 Å². The Kier molecular flexibility index (Phi) is 6.55. The summed E-state index contributed by atoms with van der Waals surface area (Å²) < 4.78 is 0. The van der Waals surface area contributed by atoms with Gasteiger partial charge in [0, 0.05) is 10.9 Å². The van der Waals surface area contributed by atoms with Crippen LogP contribution < -0.4 is 10.6 Å². The lowest BCUT2D eigenvalue weighted by molar-refractivity contribution is -0.134. The number of hydrogen-bond acceptors (Lipinski definition) is 5. The van der Waals surface area contributed by atoms with Crippen LogP contribution in [0.15, 0.2) is 23.6 Å². The highest BCUT2D eigenvalue weighted by molar-refractivity contribution is 7.14. The van der Waals surface area contributed by atoms with Crippen molar-refractivity contribution in [1.82, 2.24) is 15.2 Å². The van der Waals surface area contributed by atoms with Gasteiger partial charge in [-0.05, 0) is 43.9 Å². The van der Waals surface area contributed by atoms with E-state index in [1.165, 1.54) is 22.5 Å². The molecule has 2 heterocycles. The number of aromatic nitrogens is 1. The summed E-state index contributed by atoms with van der Waals surface area (Å²) in [5.41, 5.74) is 3.25. The summed E-state index contributed by atoms with van der Waals surface area (Å²) in [4.78, 5) is 43.3. The Hall–Kier alpha value is -2.74. The molecule has 0 aliphatic carbocycles. The zero-order chi connectivity index (χ0) is 21.9. The number of amides is 4. The Morgan fingerprint density at radius 1 is 1.17 bits per heavy atom. The molecule has 8 heteroatoms. The maximum Gasteiger partial charge on any atom is 0.325 e. The van der Waals surface area contributed by atoms with Crippen LogP contribution in [0.2, 0.25) is 0 Å². The molecule has 1 aromatic heterocycles. The topological polar surface area (TPSA) is 91.4 Å². The number of urea groups is 1. The van der Waals surface area contributed by atoms with Crippen LogP contribution in [0.4, 0.5) is 9.93 Å². The molecule has 0 radical (unpaired) electrons. The molecule has 1 fully saturated rings. The van der Waals surface area contributed by atoms with Gasteiger partial charge in [0.2, 0.25) is 5.91 Å². The molecule has 2 N–H and O–H groups in total. The second-order valence-corrected chi connectivity index (χ2v) is 8.65. The first-order valence-corrected chi connectivity index (χ1v) is 11.1. The second-order valence-electron chi connectivity index (χ2n) is 7.79. The van der Waals surface area contributed by atoms with Crippen LogP contribution in [-0.4, -0.2) is 39.8 Å². The molecule has 1 aliphatic heterocycles. The van der Waals surface area contributed by atoms with Crippen molar-refractivity contribution in [1.29, 1.82) is 0 Å². The normalized spacial score (nSPS) is 15.4. The quantitative estimate of drug-likeness (QED) is 0.615. The minimum absolute atomic E-state index is 0.318. The summed E-state index contributed by atoms with van der Waals surface area (Å²) in [5, 5.41) is 7.84. The smallest absolute Gasteiger partial charge is 0.323 e. The predicted octanol–water partition coefficient (Wildman–Crippen LogP) is 4.26. The summed E-state index contributed by atoms with van der Waals surface area (Å²) in [7, 11) is 0. The Bertz CT molecular complexity index is 963. The van der Waals surface area contributed by atoms with Crippen molar-refractivity contribution in [2.75, 3.05) is 11.9 Å². The van der Waals surface area contributed by atoms with Crippen LogP contribution in [0.5, 0.6) is 0 Å². The highest BCUT2D eigenvalue weighted by Crippen LogP contribution is 2.29. The molecule has 2 aromatic rings. The van der Waals surface area contributed by atoms with Gasteiger partial charge in [0.05, 0.1) is 5.69 Å². The molecule has 0 spiro atoms. The molecule has 3 rings (SSSR count). The molecule has 160 valence electrons. The molecule has 0 atom stereocenters. The monoisotopic (exact) mass is 428 g/mol. The molecule has 1 saturated heterocycles. The van der Waals surface area contributed by atoms with Crippen LogP contribution in [0.25, 0.3) is 11.3 Å². The lowest BCUT2D eigenvalue weighted by Crippen LogP contribution is -2.47. The van der Waals surface area contributed by atoms with Crippen molar-refractivity contribution in [3.8, 4) is 11.3 Å². The first kappa shape index (κ1) is 22.0. The van der Waals surface area contributed by atoms with E-state index in [9.17, 15) is 14.4 Å². The molecule has 1 aliphatic rings. The number of nitrogens with one attached hydrogen (secondary N) is 2. The summed E-state index contributed by atoms with van der Waals surface area (Å²) in [5.74, 6) is -0.760. The zero-order valence-electron chi connectivity index (χ0n) is 17.9. The third kappa shape index (κ3) is 4.38. The lowest BCUT2D eigenvalue weighted by Gasteiger charge is -2.25. The van der Waals surface area contributed by atoms with E-state index in [-0.39, 0.29) is 12.5 Å². The molecular weight excluding hydrogens is 400 g/mol. The molecule has 30 heavy (non-hydrogen) atoms. The predicted molar refractivity (Wildman–Crippen MR) is 118 cm³/mol. The number of aryl methyl sites for hydroxylation is 2. The van der Waals surface area contributed by atoms with E-state index in [0.717, 1.165) is 29.0 Å². The summed E-state index contributed by atoms with van der Waals surface area (Å²) in [6, 6.07) is 5.59. The number of anilines is 1. The average molecular weight is 429 g/mol. The number of benzene rings is 1. The molecular formula is C22H28N4O3S. The summed E-state index contributed by atoms with van der Waals surface area (Å²) >= 11 is 1.31. The summed E-state index contributed by atoms with van der Waals surface area (Å²) in [6.45, 7) is 7.72. The fraction of sp³-hybridized carbons (Fsp3) is 0.455. The Morgan fingerprint density at radius 3 is 2.50 bits per heavy atom. The fourth-order valence-corrected chi connectivity index (χ4v) is 4.54. The highest BCUT2D eigenvalue weighted by atomic mass is 32.1. The number of thiazole rings is 1. The van der Waals surface area contributed by atoms with Gasteiger partial charge in [-0.1, -0.05) is 38.8 Å². The number of carbonyl (C=O) groups is 3. The molecule has 0 bridgehead atoms. The van der Waals surface area contributed by atoms with E-state index in [1.807, 2.05) is 38.3 Å². The van der Waals surface area contributed by atoms with Crippen molar-refractivity contribution < 1.29 is 14.4 Å². The minimum atomic E-state index is -0.890. The van der Waals surface area contributed by atoms with E-state index >= 15 is 0 Å². The van der Waals surface area contributed by atoms with Crippen molar-refractivity contribution in [2.24, 2.45) is 0 Å². The first-order valence-electron chi connectivity index (χ1n) is 10.3. The molecule has 4 amide bonds. The van der Waals surface area contributed by atoms with Gasteiger partial charge < -0.3 is 10.6 Å². The average Bonchev–Trinajstić information content (AvgIpc) is 3.23. The van der Waals surface area contributed by atoms with Crippen molar-refractivity contribution >= 4 is 34.3 Å². The Morgan fingerprint density at radius 2 is 1.87 bits per heavy atom. The van der Waals surface area contributed by atoms with Crippen molar-refractivity contribution in [2.45, 2.75) is 58.9 Å². The maximum absolute atomic E-state index is 12.9. The number of rotatable bonds is 8. The van der Waals surface area contributed by atoms with E-state index in [0.29, 0.717) is 18.0 Å². The van der Waals surface area contributed by atoms with Gasteiger partial charge in [-0.25, -0.2) is 9.78 Å². The highest BCUT2D eigenvalue weighted by Gasteiger charge is 2.50. The van der Waals surface area contributed by atoms with E-state index in [4.69, 9.17) is 0 Å². The van der Waals surface area contributed by atoms with Gasteiger partial charge >= 0.3 is 6.03 Å². The van der Waals surface area contributed by atoms with Gasteiger partial charge in [0.1, 0.15) is 12.1 Å². The SMILES string of the molecule is CCCC1(CCC)NC(=O)N(CC(=O)Nc2nc(-c3ccc(C)c(C)c3)cs2)C1=O. The first-order chi connectivity index (χ1) is 14.3. The number of imide groups is 1.